The number of rotatable bonds is 2. The molecule has 0 amide bonds. The second kappa shape index (κ2) is 4.96. The highest BCUT2D eigenvalue weighted by atomic mass is 35.5. The van der Waals surface area contributed by atoms with E-state index in [4.69, 9.17) is 16.1 Å². The maximum Gasteiger partial charge on any atom is 0.258 e. The van der Waals surface area contributed by atoms with Crippen molar-refractivity contribution in [1.82, 2.24) is 19.7 Å². The average Bonchev–Trinajstić information content (AvgIpc) is 3.15. The summed E-state index contributed by atoms with van der Waals surface area (Å²) in [6.07, 6.45) is 1.78. The molecule has 0 radical (unpaired) electrons. The summed E-state index contributed by atoms with van der Waals surface area (Å²) in [6, 6.07) is 13.2. The van der Waals surface area contributed by atoms with E-state index < -0.39 is 0 Å². The molecule has 0 bridgehead atoms. The van der Waals surface area contributed by atoms with Crippen LogP contribution in [0.15, 0.2) is 53.3 Å². The summed E-state index contributed by atoms with van der Waals surface area (Å²) in [4.78, 5) is 8.77. The molecule has 0 unspecified atom stereocenters. The molecule has 0 aliphatic rings. The van der Waals surface area contributed by atoms with Crippen molar-refractivity contribution in [3.63, 3.8) is 0 Å². The predicted molar refractivity (Wildman–Crippen MR) is 84.5 cm³/mol. The molecule has 0 saturated heterocycles. The Morgan fingerprint density at radius 2 is 2.00 bits per heavy atom. The Hall–Kier alpha value is -2.66. The molecule has 5 nitrogen and oxygen atoms in total. The van der Waals surface area contributed by atoms with Crippen LogP contribution in [0.3, 0.4) is 0 Å². The molecule has 2 aromatic heterocycles. The van der Waals surface area contributed by atoms with Gasteiger partial charge in [0, 0.05) is 23.2 Å². The summed E-state index contributed by atoms with van der Waals surface area (Å²) in [5.41, 5.74) is 3.62. The number of aromatic nitrogens is 4. The lowest BCUT2D eigenvalue weighted by molar-refractivity contribution is 0.432. The maximum absolute atomic E-state index is 5.99. The van der Waals surface area contributed by atoms with Gasteiger partial charge in [-0.05, 0) is 36.4 Å². The fourth-order valence-corrected chi connectivity index (χ4v) is 2.54. The van der Waals surface area contributed by atoms with Gasteiger partial charge in [0.2, 0.25) is 5.82 Å². The highest BCUT2D eigenvalue weighted by molar-refractivity contribution is 6.30. The zero-order valence-corrected chi connectivity index (χ0v) is 12.4. The van der Waals surface area contributed by atoms with Crippen LogP contribution in [0.2, 0.25) is 5.02 Å². The monoisotopic (exact) mass is 310 g/mol. The molecule has 2 aromatic carbocycles. The molecule has 0 saturated carbocycles. The lowest BCUT2D eigenvalue weighted by atomic mass is 10.2. The normalized spacial score (nSPS) is 11.2. The first-order valence-corrected chi connectivity index (χ1v) is 7.09. The van der Waals surface area contributed by atoms with Crippen LogP contribution in [0, 0.1) is 0 Å². The van der Waals surface area contributed by atoms with Gasteiger partial charge < -0.3 is 9.09 Å². The van der Waals surface area contributed by atoms with Gasteiger partial charge in [-0.3, -0.25) is 0 Å². The molecule has 4 aromatic rings. The van der Waals surface area contributed by atoms with Crippen molar-refractivity contribution in [2.75, 3.05) is 0 Å². The number of benzene rings is 2. The zero-order valence-electron chi connectivity index (χ0n) is 11.7. The van der Waals surface area contributed by atoms with Crippen LogP contribution in [0.1, 0.15) is 0 Å². The Kier molecular flexibility index (Phi) is 2.94. The number of aryl methyl sites for hydroxylation is 1. The molecule has 6 heteroatoms. The molecule has 0 N–H and O–H groups in total. The minimum atomic E-state index is 0.443. The summed E-state index contributed by atoms with van der Waals surface area (Å²) in [5, 5.41) is 4.67. The Labute approximate surface area is 131 Å². The van der Waals surface area contributed by atoms with E-state index in [2.05, 4.69) is 15.1 Å². The number of hydrogen-bond acceptors (Lipinski definition) is 4. The summed E-state index contributed by atoms with van der Waals surface area (Å²) in [7, 11) is 1.96. The van der Waals surface area contributed by atoms with Gasteiger partial charge >= 0.3 is 0 Å². The third-order valence-electron chi connectivity index (χ3n) is 3.48. The highest BCUT2D eigenvalue weighted by Gasteiger charge is 2.12. The van der Waals surface area contributed by atoms with Crippen LogP contribution in [0.4, 0.5) is 0 Å². The maximum atomic E-state index is 5.99. The van der Waals surface area contributed by atoms with Crippen LogP contribution in [-0.2, 0) is 7.05 Å². The zero-order chi connectivity index (χ0) is 15.1. The largest absolute Gasteiger partial charge is 0.334 e. The van der Waals surface area contributed by atoms with Crippen molar-refractivity contribution in [3.8, 4) is 22.8 Å². The van der Waals surface area contributed by atoms with Crippen LogP contribution >= 0.6 is 11.6 Å². The predicted octanol–water partition coefficient (Wildman–Crippen LogP) is 3.94. The van der Waals surface area contributed by atoms with E-state index >= 15 is 0 Å². The number of imidazole rings is 1. The molecule has 0 spiro atoms. The number of fused-ring (bicyclic) bond motifs is 1. The van der Waals surface area contributed by atoms with Crippen molar-refractivity contribution >= 4 is 22.6 Å². The van der Waals surface area contributed by atoms with Crippen molar-refractivity contribution in [3.05, 3.63) is 53.8 Å². The molecular weight excluding hydrogens is 300 g/mol. The van der Waals surface area contributed by atoms with Gasteiger partial charge in [0.25, 0.3) is 5.89 Å². The fourth-order valence-electron chi connectivity index (χ4n) is 2.35. The molecule has 22 heavy (non-hydrogen) atoms. The van der Waals surface area contributed by atoms with E-state index in [1.807, 2.05) is 41.9 Å². The molecule has 0 fully saturated rings. The number of hydrogen-bond donors (Lipinski definition) is 0. The summed E-state index contributed by atoms with van der Waals surface area (Å²) in [6.45, 7) is 0. The average molecular weight is 311 g/mol. The van der Waals surface area contributed by atoms with E-state index in [0.29, 0.717) is 16.7 Å². The van der Waals surface area contributed by atoms with Gasteiger partial charge in [-0.15, -0.1) is 0 Å². The molecule has 0 aliphatic heterocycles. The number of nitrogens with zero attached hydrogens (tertiary/aromatic N) is 4. The third kappa shape index (κ3) is 2.16. The Morgan fingerprint density at radius 1 is 1.09 bits per heavy atom. The van der Waals surface area contributed by atoms with Crippen LogP contribution in [-0.4, -0.2) is 19.7 Å². The summed E-state index contributed by atoms with van der Waals surface area (Å²) in [5.74, 6) is 0.973. The van der Waals surface area contributed by atoms with Gasteiger partial charge in [-0.2, -0.15) is 4.98 Å². The van der Waals surface area contributed by atoms with Gasteiger partial charge in [-0.1, -0.05) is 22.8 Å². The topological polar surface area (TPSA) is 56.7 Å². The van der Waals surface area contributed by atoms with E-state index in [-0.39, 0.29) is 0 Å². The molecule has 108 valence electrons. The standard InChI is InChI=1S/C16H11ClN4O/c1-21-9-18-13-8-10(5-6-14(13)21)15-19-16(22-20-15)11-3-2-4-12(17)7-11/h2-9H,1H3. The lowest BCUT2D eigenvalue weighted by Crippen LogP contribution is -1.85. The molecule has 2 heterocycles. The Balaban J connectivity index is 1.76. The summed E-state index contributed by atoms with van der Waals surface area (Å²) >= 11 is 5.99. The van der Waals surface area contributed by atoms with Gasteiger partial charge in [0.1, 0.15) is 0 Å². The first kappa shape index (κ1) is 13.0. The minimum Gasteiger partial charge on any atom is -0.334 e. The fraction of sp³-hybridized carbons (Fsp3) is 0.0625. The van der Waals surface area contributed by atoms with Crippen molar-refractivity contribution < 1.29 is 4.52 Å². The van der Waals surface area contributed by atoms with Gasteiger partial charge in [-0.25, -0.2) is 4.98 Å². The van der Waals surface area contributed by atoms with Crippen molar-refractivity contribution in [1.29, 1.82) is 0 Å². The first-order chi connectivity index (χ1) is 10.7. The van der Waals surface area contributed by atoms with Gasteiger partial charge in [0.15, 0.2) is 0 Å². The second-order valence-electron chi connectivity index (χ2n) is 4.99. The Morgan fingerprint density at radius 3 is 2.86 bits per heavy atom. The minimum absolute atomic E-state index is 0.443. The van der Waals surface area contributed by atoms with Crippen molar-refractivity contribution in [2.45, 2.75) is 0 Å². The molecule has 0 atom stereocenters. The molecular formula is C16H11ClN4O. The van der Waals surface area contributed by atoms with E-state index in [0.717, 1.165) is 22.2 Å². The smallest absolute Gasteiger partial charge is 0.258 e. The molecule has 0 aliphatic carbocycles. The second-order valence-corrected chi connectivity index (χ2v) is 5.43. The third-order valence-corrected chi connectivity index (χ3v) is 3.72. The quantitative estimate of drug-likeness (QED) is 0.562. The highest BCUT2D eigenvalue weighted by Crippen LogP contribution is 2.26. The van der Waals surface area contributed by atoms with E-state index in [1.165, 1.54) is 0 Å². The van der Waals surface area contributed by atoms with E-state index in [1.54, 1.807) is 18.5 Å². The Bertz CT molecular complexity index is 973. The lowest BCUT2D eigenvalue weighted by Gasteiger charge is -1.96. The molecule has 4 rings (SSSR count). The van der Waals surface area contributed by atoms with Crippen molar-refractivity contribution in [2.24, 2.45) is 7.05 Å². The van der Waals surface area contributed by atoms with Crippen LogP contribution in [0.25, 0.3) is 33.9 Å². The first-order valence-electron chi connectivity index (χ1n) is 6.72. The number of halogens is 1. The van der Waals surface area contributed by atoms with Crippen LogP contribution < -0.4 is 0 Å². The SMILES string of the molecule is Cn1cnc2cc(-c3noc(-c4cccc(Cl)c4)n3)ccc21. The van der Waals surface area contributed by atoms with Crippen LogP contribution in [0.5, 0.6) is 0 Å². The van der Waals surface area contributed by atoms with Gasteiger partial charge in [0.05, 0.1) is 17.4 Å². The summed E-state index contributed by atoms with van der Waals surface area (Å²) < 4.78 is 7.30. The van der Waals surface area contributed by atoms with E-state index in [9.17, 15) is 0 Å².